The molecule has 3 aromatic rings. The van der Waals surface area contributed by atoms with Crippen molar-refractivity contribution in [2.75, 3.05) is 11.9 Å². The van der Waals surface area contributed by atoms with Crippen LogP contribution in [0.5, 0.6) is 5.75 Å². The molecule has 0 aromatic carbocycles. The van der Waals surface area contributed by atoms with Gasteiger partial charge in [0.2, 0.25) is 0 Å². The minimum atomic E-state index is -0.230. The molecular formula is C23H27N5O3. The zero-order valence-corrected chi connectivity index (χ0v) is 17.9. The van der Waals surface area contributed by atoms with E-state index in [-0.39, 0.29) is 23.0 Å². The number of hydrogen-bond acceptors (Lipinski definition) is 5. The molecule has 2 saturated heterocycles. The first-order valence-electron chi connectivity index (χ1n) is 11.1. The Labute approximate surface area is 180 Å². The maximum Gasteiger partial charge on any atom is 0.262 e. The zero-order chi connectivity index (χ0) is 21.2. The Morgan fingerprint density at radius 2 is 2.19 bits per heavy atom. The molecule has 1 amide bonds. The van der Waals surface area contributed by atoms with Crippen molar-refractivity contribution < 1.29 is 14.3 Å². The third-order valence-corrected chi connectivity index (χ3v) is 7.02. The molecule has 1 N–H and O–H groups in total. The maximum absolute atomic E-state index is 13.1. The van der Waals surface area contributed by atoms with Gasteiger partial charge < -0.3 is 19.2 Å². The van der Waals surface area contributed by atoms with Gasteiger partial charge >= 0.3 is 0 Å². The second-order valence-electron chi connectivity index (χ2n) is 9.50. The van der Waals surface area contributed by atoms with Crippen molar-refractivity contribution in [3.05, 3.63) is 42.0 Å². The number of carbonyl (C=O) groups excluding carboxylic acids is 1. The van der Waals surface area contributed by atoms with Gasteiger partial charge in [-0.15, -0.1) is 0 Å². The second kappa shape index (κ2) is 6.56. The van der Waals surface area contributed by atoms with Gasteiger partial charge in [0.05, 0.1) is 29.6 Å². The van der Waals surface area contributed by atoms with Gasteiger partial charge in [-0.1, -0.05) is 0 Å². The van der Waals surface area contributed by atoms with E-state index in [0.717, 1.165) is 50.0 Å². The van der Waals surface area contributed by atoms with Crippen LogP contribution < -0.4 is 10.1 Å². The normalized spacial score (nSPS) is 27.2. The highest BCUT2D eigenvalue weighted by molar-refractivity contribution is 6.05. The van der Waals surface area contributed by atoms with Gasteiger partial charge in [0.15, 0.2) is 5.82 Å². The lowest BCUT2D eigenvalue weighted by Crippen LogP contribution is -2.45. The average molecular weight is 422 g/mol. The van der Waals surface area contributed by atoms with E-state index in [0.29, 0.717) is 23.7 Å². The average Bonchev–Trinajstić information content (AvgIpc) is 3.45. The van der Waals surface area contributed by atoms with E-state index < -0.39 is 0 Å². The van der Waals surface area contributed by atoms with Crippen molar-refractivity contribution in [3.8, 4) is 5.75 Å². The summed E-state index contributed by atoms with van der Waals surface area (Å²) in [5.74, 6) is 0.885. The highest BCUT2D eigenvalue weighted by atomic mass is 16.5. The molecular weight excluding hydrogens is 394 g/mol. The molecule has 5 heterocycles. The number of nitrogens with zero attached hydrogens (tertiary/aromatic N) is 4. The third kappa shape index (κ3) is 3.04. The predicted molar refractivity (Wildman–Crippen MR) is 115 cm³/mol. The second-order valence-corrected chi connectivity index (χ2v) is 9.50. The lowest BCUT2D eigenvalue weighted by atomic mass is 9.62. The van der Waals surface area contributed by atoms with Crippen LogP contribution in [0.15, 0.2) is 30.7 Å². The number of pyridine rings is 1. The molecule has 7 rings (SSSR count). The molecule has 0 spiro atoms. The molecule has 8 nitrogen and oxygen atoms in total. The Kier molecular flexibility index (Phi) is 3.99. The Morgan fingerprint density at radius 1 is 1.35 bits per heavy atom. The minimum Gasteiger partial charge on any atom is -0.489 e. The molecule has 2 aliphatic carbocycles. The number of rotatable bonds is 6. The van der Waals surface area contributed by atoms with E-state index in [1.807, 2.05) is 36.0 Å². The Bertz CT molecular complexity index is 1170. The monoisotopic (exact) mass is 421 g/mol. The Morgan fingerprint density at radius 3 is 2.84 bits per heavy atom. The molecule has 3 aromatic heterocycles. The highest BCUT2D eigenvalue weighted by Crippen LogP contribution is 2.58. The number of fused-ring (bicyclic) bond motifs is 2. The largest absolute Gasteiger partial charge is 0.489 e. The van der Waals surface area contributed by atoms with Crippen LogP contribution in [0.25, 0.3) is 5.65 Å². The van der Waals surface area contributed by atoms with Crippen LogP contribution in [0, 0.1) is 0 Å². The lowest BCUT2D eigenvalue weighted by molar-refractivity contribution is 0.0154. The zero-order valence-electron chi connectivity index (χ0n) is 17.9. The Balaban J connectivity index is 1.35. The summed E-state index contributed by atoms with van der Waals surface area (Å²) in [7, 11) is 0. The number of aryl methyl sites for hydroxylation is 1. The van der Waals surface area contributed by atoms with Crippen molar-refractivity contribution in [1.82, 2.24) is 19.2 Å². The van der Waals surface area contributed by atoms with Crippen LogP contribution in [0.3, 0.4) is 0 Å². The van der Waals surface area contributed by atoms with Crippen LogP contribution in [-0.2, 0) is 16.7 Å². The van der Waals surface area contributed by atoms with E-state index in [4.69, 9.17) is 14.5 Å². The van der Waals surface area contributed by atoms with Crippen LogP contribution >= 0.6 is 0 Å². The molecule has 4 fully saturated rings. The minimum absolute atomic E-state index is 0.00123. The third-order valence-electron chi connectivity index (χ3n) is 7.02. The highest BCUT2D eigenvalue weighted by Gasteiger charge is 2.61. The Hall–Kier alpha value is -2.87. The van der Waals surface area contributed by atoms with Gasteiger partial charge in [-0.25, -0.2) is 4.98 Å². The van der Waals surface area contributed by atoms with Crippen LogP contribution in [0.2, 0.25) is 0 Å². The number of amides is 1. The van der Waals surface area contributed by atoms with E-state index in [2.05, 4.69) is 17.3 Å². The van der Waals surface area contributed by atoms with Crippen LogP contribution in [-0.4, -0.2) is 43.4 Å². The molecule has 2 aliphatic heterocycles. The van der Waals surface area contributed by atoms with Crippen molar-refractivity contribution in [2.24, 2.45) is 0 Å². The summed E-state index contributed by atoms with van der Waals surface area (Å²) < 4.78 is 15.9. The smallest absolute Gasteiger partial charge is 0.262 e. The number of nitrogens with one attached hydrogen (secondary N) is 1. The topological polar surface area (TPSA) is 82.7 Å². The van der Waals surface area contributed by atoms with Gasteiger partial charge in [-0.05, 0) is 46.0 Å². The number of imidazole rings is 1. The molecule has 4 aliphatic rings. The molecule has 0 atom stereocenters. The molecule has 2 saturated carbocycles. The van der Waals surface area contributed by atoms with Crippen LogP contribution in [0.4, 0.5) is 5.82 Å². The van der Waals surface area contributed by atoms with E-state index in [1.165, 1.54) is 0 Å². The van der Waals surface area contributed by atoms with Gasteiger partial charge in [-0.2, -0.15) is 5.10 Å². The predicted octanol–water partition coefficient (Wildman–Crippen LogP) is 3.55. The first-order valence-corrected chi connectivity index (χ1v) is 11.1. The van der Waals surface area contributed by atoms with Crippen LogP contribution in [0.1, 0.15) is 62.0 Å². The molecule has 2 bridgehead atoms. The summed E-state index contributed by atoms with van der Waals surface area (Å²) in [5.41, 5.74) is 2.34. The summed E-state index contributed by atoms with van der Waals surface area (Å²) in [5, 5.41) is 7.27. The number of anilines is 1. The molecule has 162 valence electrons. The van der Waals surface area contributed by atoms with Crippen molar-refractivity contribution >= 4 is 17.4 Å². The van der Waals surface area contributed by atoms with Gasteiger partial charge in [0.25, 0.3) is 5.91 Å². The first-order chi connectivity index (χ1) is 15.0. The number of ether oxygens (including phenoxy) is 2. The maximum atomic E-state index is 13.1. The van der Waals surface area contributed by atoms with E-state index >= 15 is 0 Å². The fourth-order valence-electron chi connectivity index (χ4n) is 5.15. The first kappa shape index (κ1) is 18.9. The van der Waals surface area contributed by atoms with E-state index in [9.17, 15) is 4.79 Å². The molecule has 31 heavy (non-hydrogen) atoms. The summed E-state index contributed by atoms with van der Waals surface area (Å²) in [4.78, 5) is 18.0. The van der Waals surface area contributed by atoms with Gasteiger partial charge in [0.1, 0.15) is 11.4 Å². The lowest BCUT2D eigenvalue weighted by Gasteiger charge is -2.41. The number of hydrogen-bond donors (Lipinski definition) is 1. The van der Waals surface area contributed by atoms with Crippen molar-refractivity contribution in [1.29, 1.82) is 0 Å². The fourth-order valence-corrected chi connectivity index (χ4v) is 5.15. The summed E-state index contributed by atoms with van der Waals surface area (Å²) in [6, 6.07) is 3.69. The SMILES string of the molecule is CCn1ccc(NC(=O)c2cn3cc(C45COC(C)(C4)C5)nc3cc2OC2CCC2)n1. The number of aromatic nitrogens is 4. The van der Waals surface area contributed by atoms with Crippen molar-refractivity contribution in [3.63, 3.8) is 0 Å². The molecule has 0 unspecified atom stereocenters. The summed E-state index contributed by atoms with van der Waals surface area (Å²) in [6.07, 6.45) is 11.1. The molecule has 8 heteroatoms. The van der Waals surface area contributed by atoms with Crippen molar-refractivity contribution in [2.45, 2.75) is 69.6 Å². The van der Waals surface area contributed by atoms with Gasteiger partial charge in [-0.3, -0.25) is 9.48 Å². The summed E-state index contributed by atoms with van der Waals surface area (Å²) in [6.45, 7) is 5.64. The quantitative estimate of drug-likeness (QED) is 0.658. The number of carbonyl (C=O) groups is 1. The van der Waals surface area contributed by atoms with E-state index in [1.54, 1.807) is 10.7 Å². The van der Waals surface area contributed by atoms with Gasteiger partial charge in [0, 0.05) is 42.7 Å². The summed E-state index contributed by atoms with van der Waals surface area (Å²) >= 11 is 0. The fraction of sp³-hybridized carbons (Fsp3) is 0.522. The molecule has 0 radical (unpaired) electrons. The standard InChI is InChI=1S/C23H27N5O3/c1-3-28-8-7-19(26-28)25-21(29)16-10-27-11-18(23-12-22(2,13-23)30-14-23)24-20(27)9-17(16)31-15-5-4-6-15/h7-11,15H,3-6,12-14H2,1-2H3,(H,25,26,29).